The summed E-state index contributed by atoms with van der Waals surface area (Å²) in [6.45, 7) is 0. The Balaban J connectivity index is 2.54. The number of benzene rings is 1. The number of carboxylic acids is 1. The monoisotopic (exact) mass is 246 g/mol. The van der Waals surface area contributed by atoms with Crippen molar-refractivity contribution in [2.75, 3.05) is 7.11 Å². The van der Waals surface area contributed by atoms with Crippen LogP contribution in [0.3, 0.4) is 0 Å². The van der Waals surface area contributed by atoms with Gasteiger partial charge in [-0.15, -0.1) is 0 Å². The zero-order valence-electron chi connectivity index (χ0n) is 9.49. The van der Waals surface area contributed by atoms with Gasteiger partial charge in [-0.3, -0.25) is 0 Å². The molecule has 1 aromatic heterocycles. The molecule has 0 fully saturated rings. The molecule has 2 aromatic rings. The molecule has 18 heavy (non-hydrogen) atoms. The zero-order valence-corrected chi connectivity index (χ0v) is 9.49. The number of hydrogen-bond acceptors (Lipinski definition) is 5. The molecule has 0 aliphatic carbocycles. The lowest BCUT2D eigenvalue weighted by Gasteiger charge is -2.08. The Bertz CT molecular complexity index is 598. The summed E-state index contributed by atoms with van der Waals surface area (Å²) in [6.07, 6.45) is 2.92. The van der Waals surface area contributed by atoms with Crippen molar-refractivity contribution in [1.82, 2.24) is 9.97 Å². The fourth-order valence-electron chi connectivity index (χ4n) is 1.52. The maximum absolute atomic E-state index is 10.8. The molecule has 0 spiro atoms. The fourth-order valence-corrected chi connectivity index (χ4v) is 1.52. The van der Waals surface area contributed by atoms with Crippen LogP contribution in [0.5, 0.6) is 11.6 Å². The third kappa shape index (κ3) is 2.08. The number of carboxylic acid groups (broad SMARTS) is 1. The van der Waals surface area contributed by atoms with E-state index in [0.29, 0.717) is 11.3 Å². The number of aromatic hydroxyl groups is 1. The molecule has 1 aromatic carbocycles. The minimum absolute atomic E-state index is 0.000827. The van der Waals surface area contributed by atoms with Crippen molar-refractivity contribution in [3.05, 3.63) is 36.2 Å². The first-order valence-electron chi connectivity index (χ1n) is 5.05. The number of phenolic OH excluding ortho intramolecular Hbond substituents is 1. The Morgan fingerprint density at radius 2 is 2.00 bits per heavy atom. The van der Waals surface area contributed by atoms with Crippen LogP contribution in [0.25, 0.3) is 11.3 Å². The van der Waals surface area contributed by atoms with Gasteiger partial charge in [-0.1, -0.05) is 0 Å². The van der Waals surface area contributed by atoms with Gasteiger partial charge in [0.15, 0.2) is 0 Å². The maximum atomic E-state index is 10.8. The molecule has 0 saturated heterocycles. The third-order valence-corrected chi connectivity index (χ3v) is 2.36. The summed E-state index contributed by atoms with van der Waals surface area (Å²) in [5, 5.41) is 18.6. The van der Waals surface area contributed by atoms with Crippen LogP contribution in [0.4, 0.5) is 0 Å². The van der Waals surface area contributed by atoms with Gasteiger partial charge in [0.05, 0.1) is 12.7 Å². The van der Waals surface area contributed by atoms with Crippen molar-refractivity contribution in [2.24, 2.45) is 0 Å². The van der Waals surface area contributed by atoms with E-state index < -0.39 is 5.97 Å². The van der Waals surface area contributed by atoms with Crippen molar-refractivity contribution < 1.29 is 19.7 Å². The summed E-state index contributed by atoms with van der Waals surface area (Å²) in [7, 11) is 1.44. The van der Waals surface area contributed by atoms with Crippen molar-refractivity contribution in [2.45, 2.75) is 0 Å². The third-order valence-electron chi connectivity index (χ3n) is 2.36. The van der Waals surface area contributed by atoms with Crippen LogP contribution in [0.15, 0.2) is 30.6 Å². The molecular formula is C12H10N2O4. The standard InChI is InChI=1S/C12H10N2O4/c1-18-11-10(13-4-5-14-11)8-3-2-7(12(16)17)6-9(8)15/h2-6,15H,1H3,(H,16,17). The van der Waals surface area contributed by atoms with Crippen LogP contribution in [0, 0.1) is 0 Å². The average molecular weight is 246 g/mol. The molecule has 0 saturated carbocycles. The highest BCUT2D eigenvalue weighted by Gasteiger charge is 2.14. The van der Waals surface area contributed by atoms with Gasteiger partial charge in [0.1, 0.15) is 11.4 Å². The predicted octanol–water partition coefficient (Wildman–Crippen LogP) is 1.56. The minimum Gasteiger partial charge on any atom is -0.507 e. The molecule has 0 radical (unpaired) electrons. The van der Waals surface area contributed by atoms with Crippen molar-refractivity contribution >= 4 is 5.97 Å². The van der Waals surface area contributed by atoms with E-state index in [0.717, 1.165) is 6.07 Å². The molecule has 0 unspecified atom stereocenters. The highest BCUT2D eigenvalue weighted by molar-refractivity contribution is 5.89. The number of phenols is 1. The Morgan fingerprint density at radius 3 is 2.61 bits per heavy atom. The van der Waals surface area contributed by atoms with E-state index in [4.69, 9.17) is 9.84 Å². The number of methoxy groups -OCH3 is 1. The molecule has 6 nitrogen and oxygen atoms in total. The number of aromatic nitrogens is 2. The Kier molecular flexibility index (Phi) is 3.09. The second-order valence-corrected chi connectivity index (χ2v) is 3.45. The normalized spacial score (nSPS) is 10.1. The quantitative estimate of drug-likeness (QED) is 0.853. The number of carbonyl (C=O) groups is 1. The van der Waals surface area contributed by atoms with E-state index in [-0.39, 0.29) is 17.2 Å². The zero-order chi connectivity index (χ0) is 13.1. The van der Waals surface area contributed by atoms with Gasteiger partial charge in [-0.05, 0) is 18.2 Å². The van der Waals surface area contributed by atoms with E-state index >= 15 is 0 Å². The first-order valence-corrected chi connectivity index (χ1v) is 5.05. The summed E-state index contributed by atoms with van der Waals surface area (Å²) < 4.78 is 5.03. The van der Waals surface area contributed by atoms with E-state index in [1.807, 2.05) is 0 Å². The molecule has 0 bridgehead atoms. The number of ether oxygens (including phenoxy) is 1. The SMILES string of the molecule is COc1nccnc1-c1ccc(C(=O)O)cc1O. The van der Waals surface area contributed by atoms with E-state index in [1.165, 1.54) is 31.6 Å². The molecule has 0 aliphatic heterocycles. The van der Waals surface area contributed by atoms with Gasteiger partial charge < -0.3 is 14.9 Å². The lowest BCUT2D eigenvalue weighted by Crippen LogP contribution is -1.97. The Labute approximate surface area is 103 Å². The number of rotatable bonds is 3. The van der Waals surface area contributed by atoms with Gasteiger partial charge in [0, 0.05) is 18.0 Å². The van der Waals surface area contributed by atoms with Gasteiger partial charge in [-0.2, -0.15) is 0 Å². The first-order chi connectivity index (χ1) is 8.63. The van der Waals surface area contributed by atoms with Crippen LogP contribution in [0.2, 0.25) is 0 Å². The van der Waals surface area contributed by atoms with Crippen molar-refractivity contribution in [1.29, 1.82) is 0 Å². The van der Waals surface area contributed by atoms with E-state index in [9.17, 15) is 9.90 Å². The van der Waals surface area contributed by atoms with Crippen molar-refractivity contribution in [3.63, 3.8) is 0 Å². The molecule has 1 heterocycles. The summed E-state index contributed by atoms with van der Waals surface area (Å²) in [5.74, 6) is -1.03. The Hall–Kier alpha value is -2.63. The summed E-state index contributed by atoms with van der Waals surface area (Å²) in [6, 6.07) is 4.00. The van der Waals surface area contributed by atoms with Gasteiger partial charge >= 0.3 is 5.97 Å². The smallest absolute Gasteiger partial charge is 0.335 e. The average Bonchev–Trinajstić information content (AvgIpc) is 2.38. The lowest BCUT2D eigenvalue weighted by atomic mass is 10.1. The molecule has 2 rings (SSSR count). The van der Waals surface area contributed by atoms with Crippen molar-refractivity contribution in [3.8, 4) is 22.9 Å². The van der Waals surface area contributed by atoms with Crippen LogP contribution in [-0.2, 0) is 0 Å². The molecule has 0 atom stereocenters. The molecular weight excluding hydrogens is 236 g/mol. The van der Waals surface area contributed by atoms with Gasteiger partial charge in [-0.25, -0.2) is 14.8 Å². The van der Waals surface area contributed by atoms with Crippen LogP contribution < -0.4 is 4.74 Å². The summed E-state index contributed by atoms with van der Waals surface area (Å²) >= 11 is 0. The summed E-state index contributed by atoms with van der Waals surface area (Å²) in [4.78, 5) is 18.8. The van der Waals surface area contributed by atoms with E-state index in [1.54, 1.807) is 0 Å². The van der Waals surface area contributed by atoms with Crippen LogP contribution in [0.1, 0.15) is 10.4 Å². The van der Waals surface area contributed by atoms with Crippen LogP contribution in [-0.4, -0.2) is 33.3 Å². The molecule has 92 valence electrons. The molecule has 0 amide bonds. The fraction of sp³-hybridized carbons (Fsp3) is 0.0833. The maximum Gasteiger partial charge on any atom is 0.335 e. The second-order valence-electron chi connectivity index (χ2n) is 3.45. The highest BCUT2D eigenvalue weighted by atomic mass is 16.5. The minimum atomic E-state index is -1.11. The number of hydrogen-bond donors (Lipinski definition) is 2. The largest absolute Gasteiger partial charge is 0.507 e. The molecule has 0 aliphatic rings. The first kappa shape index (κ1) is 11.8. The van der Waals surface area contributed by atoms with E-state index in [2.05, 4.69) is 9.97 Å². The lowest BCUT2D eigenvalue weighted by molar-refractivity contribution is 0.0696. The number of aromatic carboxylic acids is 1. The van der Waals surface area contributed by atoms with Gasteiger partial charge in [0.2, 0.25) is 5.88 Å². The Morgan fingerprint density at radius 1 is 1.28 bits per heavy atom. The van der Waals surface area contributed by atoms with Crippen LogP contribution >= 0.6 is 0 Å². The second kappa shape index (κ2) is 4.70. The molecule has 6 heteroatoms. The van der Waals surface area contributed by atoms with Gasteiger partial charge in [0.25, 0.3) is 0 Å². The topological polar surface area (TPSA) is 92.5 Å². The highest BCUT2D eigenvalue weighted by Crippen LogP contribution is 2.33. The number of nitrogens with zero attached hydrogens (tertiary/aromatic N) is 2. The molecule has 2 N–H and O–H groups in total. The summed E-state index contributed by atoms with van der Waals surface area (Å²) in [5.41, 5.74) is 0.721. The predicted molar refractivity (Wildman–Crippen MR) is 62.6 cm³/mol.